The second kappa shape index (κ2) is 5.94. The lowest BCUT2D eigenvalue weighted by Gasteiger charge is -2.12. The molecule has 0 spiro atoms. The molecule has 1 rings (SSSR count). The van der Waals surface area contributed by atoms with E-state index in [0.29, 0.717) is 12.0 Å². The van der Waals surface area contributed by atoms with E-state index in [4.69, 9.17) is 28.9 Å². The number of nitrogens with one attached hydrogen (secondary N) is 1. The molecule has 0 saturated carbocycles. The van der Waals surface area contributed by atoms with Gasteiger partial charge in [0.1, 0.15) is 0 Å². The molecule has 1 atom stereocenters. The smallest absolute Gasteiger partial charge is 0.251 e. The van der Waals surface area contributed by atoms with E-state index in [1.165, 1.54) is 12.1 Å². The first-order valence-corrected chi connectivity index (χ1v) is 5.87. The molecule has 0 bridgehead atoms. The van der Waals surface area contributed by atoms with Gasteiger partial charge in [0.2, 0.25) is 0 Å². The highest BCUT2D eigenvalue weighted by atomic mass is 35.5. The molecule has 1 unspecified atom stereocenters. The molecule has 1 aromatic carbocycles. The van der Waals surface area contributed by atoms with Crippen molar-refractivity contribution in [3.63, 3.8) is 0 Å². The van der Waals surface area contributed by atoms with Crippen LogP contribution in [0.1, 0.15) is 23.7 Å². The molecule has 0 saturated heterocycles. The van der Waals surface area contributed by atoms with Crippen LogP contribution in [0.15, 0.2) is 24.8 Å². The number of amides is 1. The minimum absolute atomic E-state index is 0.00936. The Labute approximate surface area is 111 Å². The molecular formula is C12H14Cl2N2O. The third-order valence-electron chi connectivity index (χ3n) is 2.24. The van der Waals surface area contributed by atoms with Gasteiger partial charge in [-0.25, -0.2) is 0 Å². The Morgan fingerprint density at radius 3 is 2.53 bits per heavy atom. The molecule has 0 aliphatic heterocycles. The molecule has 0 aliphatic carbocycles. The van der Waals surface area contributed by atoms with Gasteiger partial charge < -0.3 is 11.1 Å². The van der Waals surface area contributed by atoms with E-state index in [1.54, 1.807) is 6.08 Å². The van der Waals surface area contributed by atoms with Crippen LogP contribution < -0.4 is 11.1 Å². The fourth-order valence-corrected chi connectivity index (χ4v) is 1.82. The quantitative estimate of drug-likeness (QED) is 0.653. The van der Waals surface area contributed by atoms with Crippen molar-refractivity contribution >= 4 is 34.8 Å². The van der Waals surface area contributed by atoms with Crippen LogP contribution >= 0.6 is 23.2 Å². The predicted molar refractivity (Wildman–Crippen MR) is 72.6 cm³/mol. The predicted octanol–water partition coefficient (Wildman–Crippen LogP) is 3.27. The summed E-state index contributed by atoms with van der Waals surface area (Å²) in [4.78, 5) is 11.8. The van der Waals surface area contributed by atoms with E-state index in [9.17, 15) is 4.79 Å². The second-order valence-corrected chi connectivity index (χ2v) is 4.57. The number of halogens is 2. The highest BCUT2D eigenvalue weighted by Gasteiger charge is 2.12. The van der Waals surface area contributed by atoms with Gasteiger partial charge in [-0.1, -0.05) is 29.3 Å². The summed E-state index contributed by atoms with van der Waals surface area (Å²) >= 11 is 11.7. The van der Waals surface area contributed by atoms with Crippen molar-refractivity contribution in [3.8, 4) is 0 Å². The van der Waals surface area contributed by atoms with Gasteiger partial charge in [-0.15, -0.1) is 6.58 Å². The normalized spacial score (nSPS) is 11.9. The van der Waals surface area contributed by atoms with Gasteiger partial charge >= 0.3 is 0 Å². The maximum absolute atomic E-state index is 11.8. The summed E-state index contributed by atoms with van der Waals surface area (Å²) in [6.07, 6.45) is 2.44. The lowest BCUT2D eigenvalue weighted by molar-refractivity contribution is 0.0940. The van der Waals surface area contributed by atoms with E-state index in [0.717, 1.165) is 0 Å². The van der Waals surface area contributed by atoms with Crippen molar-refractivity contribution in [1.29, 1.82) is 0 Å². The highest BCUT2D eigenvalue weighted by molar-refractivity contribution is 6.39. The molecular weight excluding hydrogens is 259 g/mol. The van der Waals surface area contributed by atoms with Gasteiger partial charge in [0.25, 0.3) is 5.91 Å². The molecule has 0 fully saturated rings. The largest absolute Gasteiger partial charge is 0.396 e. The van der Waals surface area contributed by atoms with E-state index >= 15 is 0 Å². The maximum Gasteiger partial charge on any atom is 0.251 e. The Kier molecular flexibility index (Phi) is 4.85. The Hall–Kier alpha value is -1.19. The lowest BCUT2D eigenvalue weighted by atomic mass is 10.1. The third kappa shape index (κ3) is 3.65. The van der Waals surface area contributed by atoms with E-state index in [2.05, 4.69) is 11.9 Å². The monoisotopic (exact) mass is 272 g/mol. The zero-order valence-electron chi connectivity index (χ0n) is 9.47. The number of carbonyl (C=O) groups is 1. The van der Waals surface area contributed by atoms with Gasteiger partial charge in [-0.05, 0) is 25.5 Å². The summed E-state index contributed by atoms with van der Waals surface area (Å²) in [6.45, 7) is 5.50. The molecule has 1 aromatic rings. The fraction of sp³-hybridized carbons (Fsp3) is 0.250. The number of hydrogen-bond donors (Lipinski definition) is 2. The summed E-state index contributed by atoms with van der Waals surface area (Å²) in [5.74, 6) is -0.233. The molecule has 1 amide bonds. The number of nitrogen functional groups attached to an aromatic ring is 1. The molecule has 0 heterocycles. The molecule has 0 radical (unpaired) electrons. The molecule has 92 valence electrons. The van der Waals surface area contributed by atoms with Crippen molar-refractivity contribution in [1.82, 2.24) is 5.32 Å². The summed E-state index contributed by atoms with van der Waals surface area (Å²) in [5, 5.41) is 3.36. The Balaban J connectivity index is 2.86. The zero-order valence-corrected chi connectivity index (χ0v) is 11.0. The minimum Gasteiger partial charge on any atom is -0.396 e. The van der Waals surface area contributed by atoms with Crippen molar-refractivity contribution in [2.75, 3.05) is 5.73 Å². The van der Waals surface area contributed by atoms with E-state index in [1.807, 2.05) is 6.92 Å². The third-order valence-corrected chi connectivity index (χ3v) is 2.86. The van der Waals surface area contributed by atoms with E-state index < -0.39 is 0 Å². The lowest BCUT2D eigenvalue weighted by Crippen LogP contribution is -2.32. The summed E-state index contributed by atoms with van der Waals surface area (Å²) in [7, 11) is 0. The van der Waals surface area contributed by atoms with Crippen LogP contribution in [0, 0.1) is 0 Å². The van der Waals surface area contributed by atoms with Crippen LogP contribution in [-0.2, 0) is 0 Å². The zero-order chi connectivity index (χ0) is 13.0. The Morgan fingerprint density at radius 2 is 2.06 bits per heavy atom. The van der Waals surface area contributed by atoms with Crippen LogP contribution in [0.3, 0.4) is 0 Å². The van der Waals surface area contributed by atoms with Gasteiger partial charge in [0.05, 0.1) is 15.7 Å². The van der Waals surface area contributed by atoms with Gasteiger partial charge in [0, 0.05) is 11.6 Å². The standard InChI is InChI=1S/C12H14Cl2N2O/c1-3-4-7(2)16-12(17)8-5-9(13)11(15)10(14)6-8/h3,5-7H,1,4,15H2,2H3,(H,16,17). The maximum atomic E-state index is 11.8. The SMILES string of the molecule is C=CCC(C)NC(=O)c1cc(Cl)c(N)c(Cl)c1. The number of carbonyl (C=O) groups excluding carboxylic acids is 1. The molecule has 3 N–H and O–H groups in total. The first-order valence-electron chi connectivity index (χ1n) is 5.12. The molecule has 17 heavy (non-hydrogen) atoms. The number of benzene rings is 1. The highest BCUT2D eigenvalue weighted by Crippen LogP contribution is 2.28. The van der Waals surface area contributed by atoms with Crippen LogP contribution in [0.2, 0.25) is 10.0 Å². The van der Waals surface area contributed by atoms with Gasteiger partial charge in [0.15, 0.2) is 0 Å². The van der Waals surface area contributed by atoms with E-state index in [-0.39, 0.29) is 27.7 Å². The molecule has 0 aromatic heterocycles. The average Bonchev–Trinajstić information content (AvgIpc) is 2.25. The number of rotatable bonds is 4. The first-order chi connectivity index (χ1) is 7.95. The first kappa shape index (κ1) is 13.9. The van der Waals surface area contributed by atoms with Crippen molar-refractivity contribution < 1.29 is 4.79 Å². The van der Waals surface area contributed by atoms with Crippen LogP contribution in [0.25, 0.3) is 0 Å². The molecule has 0 aliphatic rings. The molecule has 5 heteroatoms. The van der Waals surface area contributed by atoms with Crippen LogP contribution in [-0.4, -0.2) is 11.9 Å². The second-order valence-electron chi connectivity index (χ2n) is 3.75. The van der Waals surface area contributed by atoms with Crippen LogP contribution in [0.5, 0.6) is 0 Å². The summed E-state index contributed by atoms with van der Waals surface area (Å²) in [6, 6.07) is 3.01. The molecule has 3 nitrogen and oxygen atoms in total. The van der Waals surface area contributed by atoms with Crippen molar-refractivity contribution in [2.24, 2.45) is 0 Å². The van der Waals surface area contributed by atoms with Crippen molar-refractivity contribution in [2.45, 2.75) is 19.4 Å². The minimum atomic E-state index is -0.233. The van der Waals surface area contributed by atoms with Crippen molar-refractivity contribution in [3.05, 3.63) is 40.4 Å². The van der Waals surface area contributed by atoms with Gasteiger partial charge in [-0.2, -0.15) is 0 Å². The summed E-state index contributed by atoms with van der Waals surface area (Å²) < 4.78 is 0. The number of nitrogens with two attached hydrogens (primary N) is 1. The topological polar surface area (TPSA) is 55.1 Å². The number of anilines is 1. The summed E-state index contributed by atoms with van der Waals surface area (Å²) in [5.41, 5.74) is 6.27. The fourth-order valence-electron chi connectivity index (χ4n) is 1.33. The average molecular weight is 273 g/mol. The number of hydrogen-bond acceptors (Lipinski definition) is 2. The Bertz CT molecular complexity index is 423. The Morgan fingerprint density at radius 1 is 1.53 bits per heavy atom. The van der Waals surface area contributed by atoms with Gasteiger partial charge in [-0.3, -0.25) is 4.79 Å². The van der Waals surface area contributed by atoms with Crippen LogP contribution in [0.4, 0.5) is 5.69 Å².